The van der Waals surface area contributed by atoms with Gasteiger partial charge >= 0.3 is 0 Å². The molecule has 0 aliphatic rings. The molecule has 0 spiro atoms. The number of sulfonamides is 1. The Morgan fingerprint density at radius 1 is 1.28 bits per heavy atom. The van der Waals surface area contributed by atoms with E-state index in [1.165, 1.54) is 12.1 Å². The summed E-state index contributed by atoms with van der Waals surface area (Å²) < 4.78 is 26.4. The van der Waals surface area contributed by atoms with Crippen LogP contribution in [0.1, 0.15) is 38.2 Å². The van der Waals surface area contributed by atoms with Crippen LogP contribution in [-0.2, 0) is 10.0 Å². The molecule has 1 aromatic rings. The van der Waals surface area contributed by atoms with Gasteiger partial charge < -0.3 is 0 Å². The number of nitrogens with zero attached hydrogens (tertiary/aromatic N) is 1. The van der Waals surface area contributed by atoms with E-state index in [0.717, 1.165) is 25.7 Å². The molecule has 0 aliphatic carbocycles. The molecule has 98 valence electrons. The fraction of sp³-hybridized carbons (Fsp3) is 0.462. The molecule has 1 rings (SSSR count). The molecule has 0 fully saturated rings. The van der Waals surface area contributed by atoms with E-state index >= 15 is 0 Å². The Bertz CT molecular complexity index is 518. The second kappa shape index (κ2) is 7.14. The molecule has 18 heavy (non-hydrogen) atoms. The lowest BCUT2D eigenvalue weighted by molar-refractivity contribution is 0.573. The second-order valence-electron chi connectivity index (χ2n) is 4.10. The van der Waals surface area contributed by atoms with Crippen LogP contribution in [0.25, 0.3) is 0 Å². The molecule has 0 aliphatic heterocycles. The average Bonchev–Trinajstić information content (AvgIpc) is 2.38. The number of nitriles is 1. The van der Waals surface area contributed by atoms with Gasteiger partial charge in [-0.25, -0.2) is 13.1 Å². The topological polar surface area (TPSA) is 70.0 Å². The van der Waals surface area contributed by atoms with Crippen molar-refractivity contribution in [3.05, 3.63) is 29.8 Å². The predicted molar refractivity (Wildman–Crippen MR) is 70.5 cm³/mol. The van der Waals surface area contributed by atoms with Gasteiger partial charge in [-0.2, -0.15) is 5.26 Å². The molecule has 0 heterocycles. The highest BCUT2D eigenvalue weighted by molar-refractivity contribution is 7.89. The summed E-state index contributed by atoms with van der Waals surface area (Å²) in [5.74, 6) is 0. The maximum atomic E-state index is 11.9. The first kappa shape index (κ1) is 14.7. The van der Waals surface area contributed by atoms with Gasteiger partial charge in [0.2, 0.25) is 10.0 Å². The van der Waals surface area contributed by atoms with Crippen molar-refractivity contribution in [1.29, 1.82) is 5.26 Å². The zero-order chi connectivity index (χ0) is 13.4. The van der Waals surface area contributed by atoms with Crippen LogP contribution < -0.4 is 4.72 Å². The number of hydrogen-bond donors (Lipinski definition) is 1. The zero-order valence-electron chi connectivity index (χ0n) is 10.5. The van der Waals surface area contributed by atoms with E-state index in [1.807, 2.05) is 6.07 Å². The van der Waals surface area contributed by atoms with Gasteiger partial charge in [0.25, 0.3) is 0 Å². The van der Waals surface area contributed by atoms with Crippen molar-refractivity contribution in [2.75, 3.05) is 6.54 Å². The van der Waals surface area contributed by atoms with Crippen molar-refractivity contribution in [3.63, 3.8) is 0 Å². The van der Waals surface area contributed by atoms with Crippen molar-refractivity contribution in [2.45, 2.75) is 37.5 Å². The number of hydrogen-bond acceptors (Lipinski definition) is 3. The Hall–Kier alpha value is -1.38. The summed E-state index contributed by atoms with van der Waals surface area (Å²) in [5, 5.41) is 8.74. The molecule has 0 atom stereocenters. The van der Waals surface area contributed by atoms with E-state index in [1.54, 1.807) is 12.1 Å². The molecular weight excluding hydrogens is 248 g/mol. The molecule has 1 aromatic carbocycles. The molecule has 0 aromatic heterocycles. The maximum absolute atomic E-state index is 11.9. The Kier molecular flexibility index (Phi) is 5.83. The summed E-state index contributed by atoms with van der Waals surface area (Å²) >= 11 is 0. The van der Waals surface area contributed by atoms with E-state index in [-0.39, 0.29) is 4.90 Å². The molecule has 0 amide bonds. The normalized spacial score (nSPS) is 11.1. The van der Waals surface area contributed by atoms with Crippen LogP contribution in [0, 0.1) is 11.3 Å². The summed E-state index contributed by atoms with van der Waals surface area (Å²) in [4.78, 5) is 0.150. The first-order chi connectivity index (χ1) is 8.60. The Morgan fingerprint density at radius 2 is 2.06 bits per heavy atom. The minimum Gasteiger partial charge on any atom is -0.211 e. The average molecular weight is 266 g/mol. The summed E-state index contributed by atoms with van der Waals surface area (Å²) in [7, 11) is -3.48. The molecule has 0 saturated carbocycles. The standard InChI is InChI=1S/C13H18N2O2S/c1-2-3-4-5-9-15-18(16,17)13-8-6-7-12(10-13)11-14/h6-8,10,15H,2-5,9H2,1H3. The zero-order valence-corrected chi connectivity index (χ0v) is 11.3. The minimum absolute atomic E-state index is 0.150. The van der Waals surface area contributed by atoms with Crippen molar-refractivity contribution >= 4 is 10.0 Å². The Labute approximate surface area is 109 Å². The van der Waals surface area contributed by atoms with Gasteiger partial charge in [0.15, 0.2) is 0 Å². The van der Waals surface area contributed by atoms with Crippen LogP contribution in [0.2, 0.25) is 0 Å². The molecule has 0 bridgehead atoms. The highest BCUT2D eigenvalue weighted by Gasteiger charge is 2.13. The Morgan fingerprint density at radius 3 is 2.72 bits per heavy atom. The van der Waals surface area contributed by atoms with E-state index < -0.39 is 10.0 Å². The first-order valence-corrected chi connectivity index (χ1v) is 7.58. The highest BCUT2D eigenvalue weighted by atomic mass is 32.2. The largest absolute Gasteiger partial charge is 0.240 e. The van der Waals surface area contributed by atoms with E-state index in [9.17, 15) is 8.42 Å². The SMILES string of the molecule is CCCCCCNS(=O)(=O)c1cccc(C#N)c1. The number of unbranched alkanes of at least 4 members (excludes halogenated alkanes) is 3. The smallest absolute Gasteiger partial charge is 0.211 e. The van der Waals surface area contributed by atoms with Crippen molar-refractivity contribution in [3.8, 4) is 6.07 Å². The van der Waals surface area contributed by atoms with Gasteiger partial charge in [-0.05, 0) is 24.6 Å². The van der Waals surface area contributed by atoms with Gasteiger partial charge in [0.05, 0.1) is 16.5 Å². The van der Waals surface area contributed by atoms with E-state index in [4.69, 9.17) is 5.26 Å². The van der Waals surface area contributed by atoms with Crippen LogP contribution in [0.4, 0.5) is 0 Å². The predicted octanol–water partition coefficient (Wildman–Crippen LogP) is 2.42. The lowest BCUT2D eigenvalue weighted by Gasteiger charge is -2.06. The third kappa shape index (κ3) is 4.47. The number of nitrogens with one attached hydrogen (secondary N) is 1. The summed E-state index contributed by atoms with van der Waals surface area (Å²) in [5.41, 5.74) is 0.351. The molecule has 5 heteroatoms. The second-order valence-corrected chi connectivity index (χ2v) is 5.87. The minimum atomic E-state index is -3.48. The fourth-order valence-electron chi connectivity index (χ4n) is 1.57. The summed E-state index contributed by atoms with van der Waals surface area (Å²) in [6.45, 7) is 2.55. The molecule has 0 saturated heterocycles. The summed E-state index contributed by atoms with van der Waals surface area (Å²) in [6, 6.07) is 7.97. The van der Waals surface area contributed by atoms with Crippen molar-refractivity contribution in [1.82, 2.24) is 4.72 Å². The first-order valence-electron chi connectivity index (χ1n) is 6.10. The van der Waals surface area contributed by atoms with Gasteiger partial charge in [0.1, 0.15) is 0 Å². The summed E-state index contributed by atoms with van der Waals surface area (Å²) in [6.07, 6.45) is 4.10. The molecule has 1 N–H and O–H groups in total. The lowest BCUT2D eigenvalue weighted by Crippen LogP contribution is -2.24. The molecular formula is C13H18N2O2S. The maximum Gasteiger partial charge on any atom is 0.240 e. The van der Waals surface area contributed by atoms with Crippen LogP contribution >= 0.6 is 0 Å². The molecule has 0 radical (unpaired) electrons. The molecule has 0 unspecified atom stereocenters. The third-order valence-electron chi connectivity index (χ3n) is 2.60. The fourth-order valence-corrected chi connectivity index (χ4v) is 2.69. The monoisotopic (exact) mass is 266 g/mol. The van der Waals surface area contributed by atoms with Crippen LogP contribution in [0.5, 0.6) is 0 Å². The van der Waals surface area contributed by atoms with Crippen LogP contribution in [0.15, 0.2) is 29.2 Å². The lowest BCUT2D eigenvalue weighted by atomic mass is 10.2. The number of benzene rings is 1. The number of rotatable bonds is 7. The van der Waals surface area contributed by atoms with Gasteiger partial charge in [-0.1, -0.05) is 32.3 Å². The third-order valence-corrected chi connectivity index (χ3v) is 4.05. The molecule has 4 nitrogen and oxygen atoms in total. The van der Waals surface area contributed by atoms with Crippen LogP contribution in [0.3, 0.4) is 0 Å². The quantitative estimate of drug-likeness (QED) is 0.770. The van der Waals surface area contributed by atoms with E-state index in [2.05, 4.69) is 11.6 Å². The van der Waals surface area contributed by atoms with Gasteiger partial charge in [-0.3, -0.25) is 0 Å². The van der Waals surface area contributed by atoms with Crippen molar-refractivity contribution in [2.24, 2.45) is 0 Å². The van der Waals surface area contributed by atoms with Crippen LogP contribution in [-0.4, -0.2) is 15.0 Å². The Balaban J connectivity index is 2.60. The van der Waals surface area contributed by atoms with Crippen molar-refractivity contribution < 1.29 is 8.42 Å². The van der Waals surface area contributed by atoms with Gasteiger partial charge in [-0.15, -0.1) is 0 Å². The van der Waals surface area contributed by atoms with E-state index in [0.29, 0.717) is 12.1 Å². The van der Waals surface area contributed by atoms with Gasteiger partial charge in [0, 0.05) is 6.54 Å². The highest BCUT2D eigenvalue weighted by Crippen LogP contribution is 2.10.